The number of aromatic nitrogens is 4. The van der Waals surface area contributed by atoms with Crippen LogP contribution in [0, 0.1) is 11.3 Å². The van der Waals surface area contributed by atoms with Gasteiger partial charge in [-0.3, -0.25) is 9.36 Å². The zero-order chi connectivity index (χ0) is 27.9. The minimum atomic E-state index is -0.213. The van der Waals surface area contributed by atoms with Crippen LogP contribution in [0.2, 0.25) is 0 Å². The van der Waals surface area contributed by atoms with Crippen LogP contribution in [0.1, 0.15) is 41.5 Å². The Morgan fingerprint density at radius 2 is 2.00 bits per heavy atom. The Morgan fingerprint density at radius 3 is 2.63 bits per heavy atom. The van der Waals surface area contributed by atoms with Crippen LogP contribution in [0.15, 0.2) is 47.2 Å². The second-order valence-corrected chi connectivity index (χ2v) is 9.75. The van der Waals surface area contributed by atoms with Crippen molar-refractivity contribution in [2.24, 2.45) is 29.1 Å². The number of pyridine rings is 2. The van der Waals surface area contributed by atoms with Crippen LogP contribution in [0.25, 0.3) is 11.2 Å². The highest BCUT2D eigenvalue weighted by molar-refractivity contribution is 5.94. The van der Waals surface area contributed by atoms with Crippen molar-refractivity contribution in [1.82, 2.24) is 24.8 Å². The number of aliphatic imine (C=N–C) groups is 1. The molecule has 3 aromatic rings. The largest absolute Gasteiger partial charge is 0.439 e. The van der Waals surface area contributed by atoms with Gasteiger partial charge in [-0.05, 0) is 18.2 Å². The van der Waals surface area contributed by atoms with E-state index in [1.54, 1.807) is 29.0 Å². The molecule has 0 bridgehead atoms. The number of allylic oxidation sites excluding steroid dienone is 1. The number of hydrogen-bond acceptors (Lipinski definition) is 8. The molecular formula is C27H38N8O3. The number of nitrogens with two attached hydrogens (primary N) is 1. The molecule has 204 valence electrons. The molecule has 1 amide bonds. The van der Waals surface area contributed by atoms with Gasteiger partial charge >= 0.3 is 0 Å². The highest BCUT2D eigenvalue weighted by atomic mass is 16.5. The zero-order valence-corrected chi connectivity index (χ0v) is 23.2. The minimum Gasteiger partial charge on any atom is -0.439 e. The van der Waals surface area contributed by atoms with Crippen molar-refractivity contribution in [1.29, 1.82) is 0 Å². The SMILES string of the molecule is CC.CC(=O)Nc1cc(Oc2ccc3nc(/N=C(N)\C=C(/NCC4COC4)C(C)(C)C)n(C)c3n2)ccn1. The van der Waals surface area contributed by atoms with E-state index < -0.39 is 0 Å². The molecule has 4 heterocycles. The monoisotopic (exact) mass is 522 g/mol. The Bertz CT molecular complexity index is 1320. The van der Waals surface area contributed by atoms with Gasteiger partial charge in [-0.2, -0.15) is 9.98 Å². The summed E-state index contributed by atoms with van der Waals surface area (Å²) in [5.74, 6) is 2.33. The maximum atomic E-state index is 11.3. The van der Waals surface area contributed by atoms with Crippen LogP contribution in [0.4, 0.5) is 11.8 Å². The second kappa shape index (κ2) is 12.5. The summed E-state index contributed by atoms with van der Waals surface area (Å²) in [5.41, 5.74) is 8.43. The fourth-order valence-electron chi connectivity index (χ4n) is 3.52. The summed E-state index contributed by atoms with van der Waals surface area (Å²) < 4.78 is 12.9. The minimum absolute atomic E-state index is 0.127. The first-order valence-corrected chi connectivity index (χ1v) is 12.7. The molecule has 0 radical (unpaired) electrons. The fourth-order valence-corrected chi connectivity index (χ4v) is 3.52. The maximum Gasteiger partial charge on any atom is 0.233 e. The van der Waals surface area contributed by atoms with Gasteiger partial charge in [0.2, 0.25) is 17.7 Å². The number of anilines is 1. The molecule has 0 unspecified atom stereocenters. The van der Waals surface area contributed by atoms with Gasteiger partial charge in [-0.1, -0.05) is 34.6 Å². The van der Waals surface area contributed by atoms with E-state index in [0.717, 1.165) is 25.5 Å². The molecule has 38 heavy (non-hydrogen) atoms. The molecule has 1 aliphatic heterocycles. The number of rotatable bonds is 8. The van der Waals surface area contributed by atoms with Crippen LogP contribution in [-0.4, -0.2) is 51.0 Å². The Hall–Kier alpha value is -3.99. The summed E-state index contributed by atoms with van der Waals surface area (Å²) in [6.45, 7) is 14.2. The van der Waals surface area contributed by atoms with E-state index in [9.17, 15) is 4.79 Å². The summed E-state index contributed by atoms with van der Waals surface area (Å²) in [6, 6.07) is 6.83. The molecule has 0 spiro atoms. The topological polar surface area (TPSA) is 142 Å². The van der Waals surface area contributed by atoms with Crippen molar-refractivity contribution in [3.8, 4) is 11.6 Å². The number of amidine groups is 1. The molecule has 1 fully saturated rings. The zero-order valence-electron chi connectivity index (χ0n) is 23.2. The molecular weight excluding hydrogens is 484 g/mol. The predicted molar refractivity (Wildman–Crippen MR) is 150 cm³/mol. The van der Waals surface area contributed by atoms with Gasteiger partial charge < -0.3 is 25.8 Å². The predicted octanol–water partition coefficient (Wildman–Crippen LogP) is 4.29. The summed E-state index contributed by atoms with van der Waals surface area (Å²) in [6.07, 6.45) is 3.41. The van der Waals surface area contributed by atoms with Crippen LogP contribution >= 0.6 is 0 Å². The third-order valence-electron chi connectivity index (χ3n) is 5.54. The number of ether oxygens (including phenoxy) is 2. The number of imidazole rings is 1. The molecule has 1 saturated heterocycles. The molecule has 1 aliphatic rings. The standard InChI is InChI=1S/C25H32N8O3.C2H6/c1-15(34)29-21-10-17(8-9-27-21)36-22-7-6-18-23(32-22)33(5)24(30-18)31-20(26)11-19(25(2,3)4)28-12-16-13-35-14-16;1-2/h6-11,16,28H,12-14H2,1-5H3,(H2,26,30,31)(H,27,29,34);1-2H3/b19-11-;. The Balaban J connectivity index is 0.00000195. The smallest absolute Gasteiger partial charge is 0.233 e. The molecule has 0 saturated carbocycles. The number of nitrogens with zero attached hydrogens (tertiary/aromatic N) is 5. The number of amides is 1. The van der Waals surface area contributed by atoms with E-state index in [1.807, 2.05) is 33.0 Å². The van der Waals surface area contributed by atoms with Crippen molar-refractivity contribution in [2.75, 3.05) is 25.1 Å². The molecule has 11 nitrogen and oxygen atoms in total. The second-order valence-electron chi connectivity index (χ2n) is 9.75. The van der Waals surface area contributed by atoms with Crippen LogP contribution in [-0.2, 0) is 16.6 Å². The molecule has 4 N–H and O–H groups in total. The first-order valence-electron chi connectivity index (χ1n) is 12.7. The number of fused-ring (bicyclic) bond motifs is 1. The average molecular weight is 523 g/mol. The van der Waals surface area contributed by atoms with Crippen LogP contribution in [0.5, 0.6) is 11.6 Å². The maximum absolute atomic E-state index is 11.3. The van der Waals surface area contributed by atoms with Gasteiger partial charge in [0.1, 0.15) is 22.9 Å². The first-order chi connectivity index (χ1) is 18.1. The lowest BCUT2D eigenvalue weighted by molar-refractivity contribution is -0.114. The third kappa shape index (κ3) is 7.51. The average Bonchev–Trinajstić information content (AvgIpc) is 3.12. The van der Waals surface area contributed by atoms with Gasteiger partial charge in [-0.15, -0.1) is 0 Å². The van der Waals surface area contributed by atoms with Gasteiger partial charge in [0.05, 0.1) is 13.2 Å². The number of hydrogen-bond donors (Lipinski definition) is 3. The lowest BCUT2D eigenvalue weighted by atomic mass is 9.91. The lowest BCUT2D eigenvalue weighted by Crippen LogP contribution is -2.39. The van der Waals surface area contributed by atoms with E-state index in [2.05, 4.69) is 51.3 Å². The summed E-state index contributed by atoms with van der Waals surface area (Å²) in [7, 11) is 1.82. The van der Waals surface area contributed by atoms with Crippen molar-refractivity contribution >= 4 is 34.7 Å². The van der Waals surface area contributed by atoms with E-state index in [1.165, 1.54) is 6.92 Å². The summed E-state index contributed by atoms with van der Waals surface area (Å²) in [4.78, 5) is 29.1. The van der Waals surface area contributed by atoms with Crippen molar-refractivity contribution < 1.29 is 14.3 Å². The Labute approximate surface area is 223 Å². The van der Waals surface area contributed by atoms with Crippen LogP contribution in [0.3, 0.4) is 0 Å². The third-order valence-corrected chi connectivity index (χ3v) is 5.54. The summed E-state index contributed by atoms with van der Waals surface area (Å²) in [5, 5.41) is 6.13. The quantitative estimate of drug-likeness (QED) is 0.294. The highest BCUT2D eigenvalue weighted by Crippen LogP contribution is 2.27. The van der Waals surface area contributed by atoms with Gasteiger partial charge in [0, 0.05) is 55.9 Å². The number of aryl methyl sites for hydroxylation is 1. The molecule has 0 atom stereocenters. The van der Waals surface area contributed by atoms with Gasteiger partial charge in [0.15, 0.2) is 5.65 Å². The Morgan fingerprint density at radius 1 is 1.26 bits per heavy atom. The van der Waals surface area contributed by atoms with E-state index in [4.69, 9.17) is 15.2 Å². The van der Waals surface area contributed by atoms with Crippen molar-refractivity contribution in [3.63, 3.8) is 0 Å². The first kappa shape index (κ1) is 28.6. The molecule has 0 aliphatic carbocycles. The van der Waals surface area contributed by atoms with Gasteiger partial charge in [-0.25, -0.2) is 9.97 Å². The molecule has 3 aromatic heterocycles. The lowest BCUT2D eigenvalue weighted by Gasteiger charge is -2.30. The van der Waals surface area contributed by atoms with E-state index >= 15 is 0 Å². The van der Waals surface area contributed by atoms with E-state index in [0.29, 0.717) is 46.3 Å². The van der Waals surface area contributed by atoms with Gasteiger partial charge in [0.25, 0.3) is 0 Å². The molecule has 4 rings (SSSR count). The van der Waals surface area contributed by atoms with Crippen molar-refractivity contribution in [2.45, 2.75) is 41.5 Å². The highest BCUT2D eigenvalue weighted by Gasteiger charge is 2.22. The van der Waals surface area contributed by atoms with Crippen LogP contribution < -0.4 is 21.1 Å². The number of carbonyl (C=O) groups excluding carboxylic acids is 1. The fraction of sp³-hybridized carbons (Fsp3) is 0.444. The Kier molecular flexibility index (Phi) is 9.40. The van der Waals surface area contributed by atoms with Crippen molar-refractivity contribution in [3.05, 3.63) is 42.2 Å². The molecule has 11 heteroatoms. The summed E-state index contributed by atoms with van der Waals surface area (Å²) >= 11 is 0. The normalized spacial score (nSPS) is 14.4. The molecule has 0 aromatic carbocycles. The number of nitrogens with one attached hydrogen (secondary N) is 2. The number of carbonyl (C=O) groups is 1. The van der Waals surface area contributed by atoms with E-state index in [-0.39, 0.29) is 11.3 Å².